The number of rotatable bonds is 6. The summed E-state index contributed by atoms with van der Waals surface area (Å²) in [5, 5.41) is 2.95. The Labute approximate surface area is 174 Å². The summed E-state index contributed by atoms with van der Waals surface area (Å²) in [7, 11) is 0. The van der Waals surface area contributed by atoms with Gasteiger partial charge in [-0.05, 0) is 47.9 Å². The lowest BCUT2D eigenvalue weighted by molar-refractivity contribution is -0.122. The molecule has 0 spiro atoms. The molecule has 6 heteroatoms. The van der Waals surface area contributed by atoms with Crippen molar-refractivity contribution in [1.82, 2.24) is 15.2 Å². The summed E-state index contributed by atoms with van der Waals surface area (Å²) in [5.74, 6) is -0.652. The zero-order valence-electron chi connectivity index (χ0n) is 16.6. The molecule has 2 amide bonds. The summed E-state index contributed by atoms with van der Waals surface area (Å²) in [6, 6.07) is 16.9. The van der Waals surface area contributed by atoms with Crippen LogP contribution < -0.4 is 5.32 Å². The molecule has 1 atom stereocenters. The number of nitrogens with one attached hydrogen (secondary N) is 1. The number of pyridine rings is 1. The van der Waals surface area contributed by atoms with E-state index in [1.165, 1.54) is 12.1 Å². The number of benzene rings is 2. The van der Waals surface area contributed by atoms with Gasteiger partial charge in [0, 0.05) is 19.3 Å². The van der Waals surface area contributed by atoms with Crippen LogP contribution in [0.2, 0.25) is 0 Å². The van der Waals surface area contributed by atoms with Gasteiger partial charge in [-0.3, -0.25) is 14.6 Å². The molecule has 4 rings (SSSR count). The first-order chi connectivity index (χ1) is 14.5. The summed E-state index contributed by atoms with van der Waals surface area (Å²) in [5.41, 5.74) is 4.07. The van der Waals surface area contributed by atoms with Gasteiger partial charge in [-0.25, -0.2) is 4.39 Å². The molecule has 0 aliphatic carbocycles. The van der Waals surface area contributed by atoms with Crippen LogP contribution >= 0.6 is 0 Å². The maximum absolute atomic E-state index is 13.3. The summed E-state index contributed by atoms with van der Waals surface area (Å²) in [6.45, 7) is 2.71. The van der Waals surface area contributed by atoms with E-state index < -0.39 is 6.04 Å². The average molecular weight is 403 g/mol. The molecule has 2 aromatic carbocycles. The number of nitrogens with zero attached hydrogens (tertiary/aromatic N) is 2. The summed E-state index contributed by atoms with van der Waals surface area (Å²) >= 11 is 0. The van der Waals surface area contributed by atoms with Gasteiger partial charge in [0.15, 0.2) is 0 Å². The molecular formula is C24H22FN3O2. The van der Waals surface area contributed by atoms with Crippen molar-refractivity contribution in [3.63, 3.8) is 0 Å². The number of fused-ring (bicyclic) bond motifs is 1. The Morgan fingerprint density at radius 1 is 1.10 bits per heavy atom. The smallest absolute Gasteiger partial charge is 0.256 e. The van der Waals surface area contributed by atoms with Crippen molar-refractivity contribution in [1.29, 1.82) is 0 Å². The Morgan fingerprint density at radius 3 is 2.63 bits per heavy atom. The third-order valence-electron chi connectivity index (χ3n) is 5.40. The second kappa shape index (κ2) is 8.45. The first kappa shape index (κ1) is 19.8. The van der Waals surface area contributed by atoms with Gasteiger partial charge in [-0.2, -0.15) is 0 Å². The zero-order chi connectivity index (χ0) is 21.1. The van der Waals surface area contributed by atoms with E-state index in [0.717, 1.165) is 16.7 Å². The molecule has 1 aromatic heterocycles. The minimum absolute atomic E-state index is 0.114. The van der Waals surface area contributed by atoms with Gasteiger partial charge >= 0.3 is 0 Å². The normalized spacial score (nSPS) is 15.2. The van der Waals surface area contributed by atoms with Gasteiger partial charge in [0.1, 0.15) is 5.82 Å². The number of hydrogen-bond donors (Lipinski definition) is 1. The largest absolute Gasteiger partial charge is 0.352 e. The minimum Gasteiger partial charge on any atom is -0.352 e. The number of halogens is 1. The monoisotopic (exact) mass is 403 g/mol. The van der Waals surface area contributed by atoms with Gasteiger partial charge in [0.25, 0.3) is 5.91 Å². The Balaban J connectivity index is 1.51. The fraction of sp³-hybridized carbons (Fsp3) is 0.208. The fourth-order valence-electron chi connectivity index (χ4n) is 3.73. The van der Waals surface area contributed by atoms with Gasteiger partial charge in [-0.1, -0.05) is 36.4 Å². The topological polar surface area (TPSA) is 62.3 Å². The van der Waals surface area contributed by atoms with Crippen molar-refractivity contribution >= 4 is 11.8 Å². The maximum Gasteiger partial charge on any atom is 0.256 e. The molecule has 1 N–H and O–H groups in total. The molecule has 1 aliphatic heterocycles. The minimum atomic E-state index is -0.462. The highest BCUT2D eigenvalue weighted by molar-refractivity contribution is 5.99. The highest BCUT2D eigenvalue weighted by Gasteiger charge is 2.38. The Morgan fingerprint density at radius 2 is 1.87 bits per heavy atom. The predicted molar refractivity (Wildman–Crippen MR) is 111 cm³/mol. The number of aromatic nitrogens is 1. The van der Waals surface area contributed by atoms with E-state index in [2.05, 4.69) is 10.3 Å². The first-order valence-electron chi connectivity index (χ1n) is 9.84. The lowest BCUT2D eigenvalue weighted by Crippen LogP contribution is -2.32. The van der Waals surface area contributed by atoms with Crippen molar-refractivity contribution in [3.8, 4) is 0 Å². The highest BCUT2D eigenvalue weighted by Crippen LogP contribution is 2.35. The number of hydrogen-bond acceptors (Lipinski definition) is 3. The molecule has 2 heterocycles. The molecule has 152 valence electrons. The van der Waals surface area contributed by atoms with Crippen LogP contribution in [0.15, 0.2) is 66.9 Å². The van der Waals surface area contributed by atoms with Crippen LogP contribution in [0.1, 0.15) is 45.2 Å². The van der Waals surface area contributed by atoms with Gasteiger partial charge in [0.2, 0.25) is 5.91 Å². The average Bonchev–Trinajstić information content (AvgIpc) is 3.01. The fourth-order valence-corrected chi connectivity index (χ4v) is 3.73. The molecule has 0 saturated heterocycles. The quantitative estimate of drug-likeness (QED) is 0.678. The Kier molecular flexibility index (Phi) is 5.57. The van der Waals surface area contributed by atoms with Crippen LogP contribution in [0.4, 0.5) is 4.39 Å². The number of amides is 2. The number of carbonyl (C=O) groups is 2. The van der Waals surface area contributed by atoms with Crippen LogP contribution in [0.3, 0.4) is 0 Å². The van der Waals surface area contributed by atoms with Crippen LogP contribution in [-0.4, -0.2) is 21.7 Å². The summed E-state index contributed by atoms with van der Waals surface area (Å²) < 4.78 is 13.3. The SMILES string of the molecule is Cc1ccccc1CNC(=O)C[C@H]1c2ncccc2C(=O)N1Cc1ccc(F)cc1. The van der Waals surface area contributed by atoms with Crippen molar-refractivity contribution in [2.45, 2.75) is 32.5 Å². The lowest BCUT2D eigenvalue weighted by atomic mass is 10.1. The van der Waals surface area contributed by atoms with E-state index in [1.807, 2.05) is 31.2 Å². The van der Waals surface area contributed by atoms with E-state index in [9.17, 15) is 14.0 Å². The van der Waals surface area contributed by atoms with Crippen molar-refractivity contribution in [3.05, 3.63) is 101 Å². The summed E-state index contributed by atoms with van der Waals surface area (Å²) in [6.07, 6.45) is 1.74. The van der Waals surface area contributed by atoms with Crippen LogP contribution in [0.5, 0.6) is 0 Å². The molecule has 30 heavy (non-hydrogen) atoms. The molecule has 1 aliphatic rings. The van der Waals surface area contributed by atoms with Crippen molar-refractivity contribution in [2.24, 2.45) is 0 Å². The zero-order valence-corrected chi connectivity index (χ0v) is 16.6. The second-order valence-electron chi connectivity index (χ2n) is 7.42. The summed E-state index contributed by atoms with van der Waals surface area (Å²) in [4.78, 5) is 31.7. The molecule has 0 unspecified atom stereocenters. The van der Waals surface area contributed by atoms with E-state index in [4.69, 9.17) is 0 Å². The van der Waals surface area contributed by atoms with Gasteiger partial charge in [0.05, 0.1) is 23.7 Å². The Bertz CT molecular complexity index is 1080. The standard InChI is InChI=1S/C24H22FN3O2/c1-16-5-2-3-6-18(16)14-27-22(29)13-21-23-20(7-4-12-26-23)24(30)28(21)15-17-8-10-19(25)11-9-17/h2-12,21H,13-15H2,1H3,(H,27,29)/t21-/m0/s1. The lowest BCUT2D eigenvalue weighted by Gasteiger charge is -2.24. The van der Waals surface area contributed by atoms with Crippen LogP contribution in [0.25, 0.3) is 0 Å². The molecular weight excluding hydrogens is 381 g/mol. The van der Waals surface area contributed by atoms with E-state index in [1.54, 1.807) is 35.4 Å². The molecule has 5 nitrogen and oxygen atoms in total. The number of carbonyl (C=O) groups excluding carboxylic acids is 2. The Hall–Kier alpha value is -3.54. The number of aryl methyl sites for hydroxylation is 1. The van der Waals surface area contributed by atoms with Crippen molar-refractivity contribution < 1.29 is 14.0 Å². The molecule has 0 fully saturated rings. The highest BCUT2D eigenvalue weighted by atomic mass is 19.1. The van der Waals surface area contributed by atoms with Gasteiger partial charge < -0.3 is 10.2 Å². The third-order valence-corrected chi connectivity index (χ3v) is 5.40. The first-order valence-corrected chi connectivity index (χ1v) is 9.84. The van der Waals surface area contributed by atoms with Crippen molar-refractivity contribution in [2.75, 3.05) is 0 Å². The van der Waals surface area contributed by atoms with E-state index >= 15 is 0 Å². The van der Waals surface area contributed by atoms with E-state index in [0.29, 0.717) is 17.8 Å². The predicted octanol–water partition coefficient (Wildman–Crippen LogP) is 3.93. The van der Waals surface area contributed by atoms with Crippen LogP contribution in [-0.2, 0) is 17.9 Å². The third kappa shape index (κ3) is 4.08. The van der Waals surface area contributed by atoms with E-state index in [-0.39, 0.29) is 30.6 Å². The molecule has 3 aromatic rings. The molecule has 0 bridgehead atoms. The maximum atomic E-state index is 13.3. The van der Waals surface area contributed by atoms with Gasteiger partial charge in [-0.15, -0.1) is 0 Å². The molecule has 0 radical (unpaired) electrons. The molecule has 0 saturated carbocycles. The van der Waals surface area contributed by atoms with Crippen LogP contribution in [0, 0.1) is 12.7 Å². The second-order valence-corrected chi connectivity index (χ2v) is 7.42.